The van der Waals surface area contributed by atoms with Crippen molar-refractivity contribution in [1.82, 2.24) is 5.32 Å². The van der Waals surface area contributed by atoms with E-state index in [2.05, 4.69) is 16.0 Å². The van der Waals surface area contributed by atoms with Crippen LogP contribution in [0.25, 0.3) is 0 Å². The lowest BCUT2D eigenvalue weighted by molar-refractivity contribution is -0.122. The number of carbonyl (C=O) groups is 2. The second-order valence-corrected chi connectivity index (χ2v) is 5.18. The molecule has 2 amide bonds. The molecule has 0 saturated carbocycles. The number of carbonyl (C=O) groups excluding carboxylic acids is 2. The van der Waals surface area contributed by atoms with E-state index in [0.29, 0.717) is 11.4 Å². The topological polar surface area (TPSA) is 70.2 Å². The summed E-state index contributed by atoms with van der Waals surface area (Å²) in [6.07, 6.45) is 2.65. The number of amides is 2. The Labute approximate surface area is 119 Å². The van der Waals surface area contributed by atoms with Gasteiger partial charge in [-0.1, -0.05) is 13.0 Å². The highest BCUT2D eigenvalue weighted by Crippen LogP contribution is 2.25. The molecule has 1 heterocycles. The number of hydrogen-bond donors (Lipinski definition) is 3. The van der Waals surface area contributed by atoms with E-state index in [1.165, 1.54) is 6.92 Å². The minimum atomic E-state index is -0.454. The van der Waals surface area contributed by atoms with E-state index < -0.39 is 5.54 Å². The number of anilines is 2. The number of hydrogen-bond acceptors (Lipinski definition) is 3. The molecule has 0 bridgehead atoms. The van der Waals surface area contributed by atoms with Gasteiger partial charge in [0.25, 0.3) is 0 Å². The molecule has 0 aromatic heterocycles. The van der Waals surface area contributed by atoms with Gasteiger partial charge in [0.1, 0.15) is 0 Å². The number of rotatable bonds is 4. The van der Waals surface area contributed by atoms with Gasteiger partial charge in [0.05, 0.1) is 5.54 Å². The van der Waals surface area contributed by atoms with E-state index in [1.807, 2.05) is 19.1 Å². The van der Waals surface area contributed by atoms with Crippen molar-refractivity contribution in [3.8, 4) is 0 Å². The van der Waals surface area contributed by atoms with Crippen LogP contribution in [0.4, 0.5) is 11.4 Å². The first-order valence-electron chi connectivity index (χ1n) is 7.00. The van der Waals surface area contributed by atoms with Crippen molar-refractivity contribution in [1.29, 1.82) is 0 Å². The fourth-order valence-electron chi connectivity index (χ4n) is 2.59. The minimum absolute atomic E-state index is 0.00234. The molecule has 5 heteroatoms. The molecule has 0 radical (unpaired) electrons. The zero-order chi connectivity index (χ0) is 14.6. The van der Waals surface area contributed by atoms with Gasteiger partial charge in [-0.3, -0.25) is 9.59 Å². The van der Waals surface area contributed by atoms with E-state index in [-0.39, 0.29) is 11.8 Å². The Morgan fingerprint density at radius 1 is 1.30 bits per heavy atom. The Bertz CT molecular complexity index is 508. The van der Waals surface area contributed by atoms with Gasteiger partial charge < -0.3 is 16.0 Å². The van der Waals surface area contributed by atoms with E-state index in [4.69, 9.17) is 0 Å². The summed E-state index contributed by atoms with van der Waals surface area (Å²) in [6, 6.07) is 7.18. The van der Waals surface area contributed by atoms with Crippen molar-refractivity contribution < 1.29 is 9.59 Å². The van der Waals surface area contributed by atoms with Crippen LogP contribution in [-0.4, -0.2) is 23.9 Å². The fourth-order valence-corrected chi connectivity index (χ4v) is 2.59. The summed E-state index contributed by atoms with van der Waals surface area (Å²) < 4.78 is 0. The Balaban J connectivity index is 2.09. The first-order chi connectivity index (χ1) is 9.55. The monoisotopic (exact) mass is 275 g/mol. The van der Waals surface area contributed by atoms with Gasteiger partial charge in [0.2, 0.25) is 11.8 Å². The maximum Gasteiger partial charge on any atom is 0.244 e. The van der Waals surface area contributed by atoms with E-state index >= 15 is 0 Å². The Morgan fingerprint density at radius 3 is 2.55 bits per heavy atom. The van der Waals surface area contributed by atoms with Gasteiger partial charge in [-0.2, -0.15) is 0 Å². The molecule has 0 aliphatic carbocycles. The molecule has 5 nitrogen and oxygen atoms in total. The zero-order valence-electron chi connectivity index (χ0n) is 12.0. The molecule has 1 unspecified atom stereocenters. The SMILES string of the molecule is CCC1(C(=O)Nc2cccc(NC(C)=O)c2)CCCN1. The van der Waals surface area contributed by atoms with Gasteiger partial charge in [-0.25, -0.2) is 0 Å². The summed E-state index contributed by atoms with van der Waals surface area (Å²) in [5.41, 5.74) is 0.923. The fraction of sp³-hybridized carbons (Fsp3) is 0.467. The van der Waals surface area contributed by atoms with Crippen molar-refractivity contribution in [2.24, 2.45) is 0 Å². The third kappa shape index (κ3) is 3.17. The van der Waals surface area contributed by atoms with Gasteiger partial charge in [-0.15, -0.1) is 0 Å². The smallest absolute Gasteiger partial charge is 0.244 e. The average Bonchev–Trinajstić information content (AvgIpc) is 2.88. The predicted octanol–water partition coefficient (Wildman–Crippen LogP) is 2.12. The summed E-state index contributed by atoms with van der Waals surface area (Å²) in [4.78, 5) is 23.5. The van der Waals surface area contributed by atoms with Crippen molar-refractivity contribution in [3.05, 3.63) is 24.3 Å². The lowest BCUT2D eigenvalue weighted by atomic mass is 9.93. The first kappa shape index (κ1) is 14.5. The minimum Gasteiger partial charge on any atom is -0.326 e. The predicted molar refractivity (Wildman–Crippen MR) is 79.6 cm³/mol. The second-order valence-electron chi connectivity index (χ2n) is 5.18. The highest BCUT2D eigenvalue weighted by Gasteiger charge is 2.38. The third-order valence-electron chi connectivity index (χ3n) is 3.72. The molecular formula is C15H21N3O2. The zero-order valence-corrected chi connectivity index (χ0v) is 12.0. The molecule has 1 aromatic rings. The lowest BCUT2D eigenvalue weighted by Crippen LogP contribution is -2.50. The highest BCUT2D eigenvalue weighted by atomic mass is 16.2. The first-order valence-corrected chi connectivity index (χ1v) is 7.00. The molecule has 1 aromatic carbocycles. The maximum absolute atomic E-state index is 12.4. The summed E-state index contributed by atoms with van der Waals surface area (Å²) in [7, 11) is 0. The summed E-state index contributed by atoms with van der Waals surface area (Å²) in [5, 5.41) is 8.95. The van der Waals surface area contributed by atoms with Gasteiger partial charge in [-0.05, 0) is 44.0 Å². The van der Waals surface area contributed by atoms with Gasteiger partial charge in [0, 0.05) is 18.3 Å². The lowest BCUT2D eigenvalue weighted by Gasteiger charge is -2.26. The van der Waals surface area contributed by atoms with Crippen LogP contribution in [0, 0.1) is 0 Å². The summed E-state index contributed by atoms with van der Waals surface area (Å²) in [6.45, 7) is 4.36. The van der Waals surface area contributed by atoms with Crippen LogP contribution in [0.5, 0.6) is 0 Å². The largest absolute Gasteiger partial charge is 0.326 e. The summed E-state index contributed by atoms with van der Waals surface area (Å²) >= 11 is 0. The van der Waals surface area contributed by atoms with E-state index in [9.17, 15) is 9.59 Å². The molecule has 2 rings (SSSR count). The van der Waals surface area contributed by atoms with Crippen LogP contribution >= 0.6 is 0 Å². The molecular weight excluding hydrogens is 254 g/mol. The van der Waals surface area contributed by atoms with Crippen molar-refractivity contribution in [3.63, 3.8) is 0 Å². The number of benzene rings is 1. The van der Waals surface area contributed by atoms with Crippen molar-refractivity contribution in [2.45, 2.75) is 38.6 Å². The molecule has 1 aliphatic rings. The maximum atomic E-state index is 12.4. The molecule has 0 spiro atoms. The van der Waals surface area contributed by atoms with Crippen molar-refractivity contribution >= 4 is 23.2 Å². The molecule has 1 aliphatic heterocycles. The van der Waals surface area contributed by atoms with Gasteiger partial charge >= 0.3 is 0 Å². The second kappa shape index (κ2) is 6.05. The van der Waals surface area contributed by atoms with Crippen LogP contribution < -0.4 is 16.0 Å². The van der Waals surface area contributed by atoms with Crippen LogP contribution in [-0.2, 0) is 9.59 Å². The Hall–Kier alpha value is -1.88. The summed E-state index contributed by atoms with van der Waals surface area (Å²) in [5.74, 6) is -0.131. The van der Waals surface area contributed by atoms with Crippen LogP contribution in [0.15, 0.2) is 24.3 Å². The van der Waals surface area contributed by atoms with Crippen LogP contribution in [0.1, 0.15) is 33.1 Å². The third-order valence-corrected chi connectivity index (χ3v) is 3.72. The average molecular weight is 275 g/mol. The molecule has 1 atom stereocenters. The van der Waals surface area contributed by atoms with E-state index in [0.717, 1.165) is 25.8 Å². The highest BCUT2D eigenvalue weighted by molar-refractivity contribution is 5.99. The molecule has 1 saturated heterocycles. The van der Waals surface area contributed by atoms with Gasteiger partial charge in [0.15, 0.2) is 0 Å². The molecule has 3 N–H and O–H groups in total. The molecule has 1 fully saturated rings. The Morgan fingerprint density at radius 2 is 2.00 bits per heavy atom. The van der Waals surface area contributed by atoms with Crippen LogP contribution in [0.2, 0.25) is 0 Å². The number of nitrogens with one attached hydrogen (secondary N) is 3. The Kier molecular flexibility index (Phi) is 4.39. The quantitative estimate of drug-likeness (QED) is 0.788. The van der Waals surface area contributed by atoms with Crippen LogP contribution in [0.3, 0.4) is 0 Å². The standard InChI is InChI=1S/C15H21N3O2/c1-3-15(8-5-9-16-15)14(20)18-13-7-4-6-12(10-13)17-11(2)19/h4,6-7,10,16H,3,5,8-9H2,1-2H3,(H,17,19)(H,18,20). The molecule has 20 heavy (non-hydrogen) atoms. The normalized spacial score (nSPS) is 21.5. The van der Waals surface area contributed by atoms with Crippen molar-refractivity contribution in [2.75, 3.05) is 17.2 Å². The molecule has 108 valence electrons. The van der Waals surface area contributed by atoms with E-state index in [1.54, 1.807) is 12.1 Å².